The predicted octanol–water partition coefficient (Wildman–Crippen LogP) is 3.72. The van der Waals surface area contributed by atoms with Gasteiger partial charge in [-0.3, -0.25) is 0 Å². The Morgan fingerprint density at radius 3 is 2.53 bits per heavy atom. The molecule has 0 unspecified atom stereocenters. The fourth-order valence-corrected chi connectivity index (χ4v) is 3.36. The quantitative estimate of drug-likeness (QED) is 0.186. The molecular weight excluding hydrogens is 398 g/mol. The maximum atomic E-state index is 7.71. The Labute approximate surface area is 180 Å². The molecule has 0 saturated heterocycles. The predicted molar refractivity (Wildman–Crippen MR) is 125 cm³/mol. The van der Waals surface area contributed by atoms with E-state index in [1.165, 1.54) is 6.21 Å². The topological polar surface area (TPSA) is 139 Å². The summed E-state index contributed by atoms with van der Waals surface area (Å²) in [6.45, 7) is 0.557. The fourth-order valence-electron chi connectivity index (χ4n) is 3.10. The van der Waals surface area contributed by atoms with Gasteiger partial charge in [-0.05, 0) is 52.1 Å². The van der Waals surface area contributed by atoms with Gasteiger partial charge in [-0.2, -0.15) is 0 Å². The molecule has 7 nitrogen and oxygen atoms in total. The van der Waals surface area contributed by atoms with Crippen LogP contribution in [0.4, 0.5) is 17.3 Å². The van der Waals surface area contributed by atoms with Crippen LogP contribution in [0, 0.1) is 5.41 Å². The molecule has 1 aromatic heterocycles. The van der Waals surface area contributed by atoms with Crippen molar-refractivity contribution in [3.63, 3.8) is 0 Å². The summed E-state index contributed by atoms with van der Waals surface area (Å²) >= 11 is 6.31. The van der Waals surface area contributed by atoms with Gasteiger partial charge in [-0.1, -0.05) is 41.9 Å². The van der Waals surface area contributed by atoms with Gasteiger partial charge in [0, 0.05) is 30.4 Å². The number of rotatable bonds is 8. The van der Waals surface area contributed by atoms with E-state index in [-0.39, 0.29) is 0 Å². The minimum atomic E-state index is 0.303. The molecule has 0 amide bonds. The third kappa shape index (κ3) is 5.28. The first-order valence-electron chi connectivity index (χ1n) is 9.29. The fraction of sp³-hybridized carbons (Fsp3) is 0.0909. The smallest absolute Gasteiger partial charge is 0.165 e. The maximum absolute atomic E-state index is 7.71. The zero-order valence-electron chi connectivity index (χ0n) is 16.3. The Morgan fingerprint density at radius 2 is 1.83 bits per heavy atom. The lowest BCUT2D eigenvalue weighted by Gasteiger charge is -2.12. The van der Waals surface area contributed by atoms with E-state index >= 15 is 0 Å². The average Bonchev–Trinajstić information content (AvgIpc) is 2.75. The van der Waals surface area contributed by atoms with Crippen molar-refractivity contribution in [2.45, 2.75) is 13.0 Å². The van der Waals surface area contributed by atoms with E-state index in [1.807, 2.05) is 42.5 Å². The van der Waals surface area contributed by atoms with Gasteiger partial charge in [0.25, 0.3) is 0 Å². The van der Waals surface area contributed by atoms with Gasteiger partial charge in [0.1, 0.15) is 5.82 Å². The number of anilines is 3. The number of nitrogens with one attached hydrogen (secondary N) is 3. The van der Waals surface area contributed by atoms with Gasteiger partial charge in [0.05, 0.1) is 5.69 Å². The number of hydrazine groups is 1. The van der Waals surface area contributed by atoms with E-state index < -0.39 is 0 Å². The van der Waals surface area contributed by atoms with Gasteiger partial charge < -0.3 is 27.6 Å². The van der Waals surface area contributed by atoms with E-state index in [2.05, 4.69) is 21.8 Å². The second-order valence-electron chi connectivity index (χ2n) is 6.75. The molecule has 0 aliphatic carbocycles. The van der Waals surface area contributed by atoms with Crippen molar-refractivity contribution in [3.05, 3.63) is 82.5 Å². The summed E-state index contributed by atoms with van der Waals surface area (Å²) in [6.07, 6.45) is 3.46. The van der Waals surface area contributed by atoms with Crippen LogP contribution >= 0.6 is 11.6 Å². The summed E-state index contributed by atoms with van der Waals surface area (Å²) in [5.74, 6) is 6.05. The Kier molecular flexibility index (Phi) is 6.90. The van der Waals surface area contributed by atoms with E-state index in [9.17, 15) is 0 Å². The molecule has 30 heavy (non-hydrogen) atoms. The highest BCUT2D eigenvalue weighted by Crippen LogP contribution is 2.26. The molecular formula is C22H24ClN7. The number of nitrogens with two attached hydrogens (primary N) is 3. The monoisotopic (exact) mass is 421 g/mol. The Hall–Kier alpha value is -3.55. The van der Waals surface area contributed by atoms with Crippen LogP contribution in [-0.4, -0.2) is 11.2 Å². The standard InChI is InChI=1S/C22H24ClN7/c23-19-8-14(6-17(9-19)16-4-2-1-3-5-16)12-28-13-15(11-24)7-18-10-20(25)29-22(30-27)21(18)26/h1-6,8-11,13,24,28H,7,12,26-27H2,(H3,25,29,30)/b15-13-,24-11?. The summed E-state index contributed by atoms with van der Waals surface area (Å²) in [5, 5.41) is 11.6. The highest BCUT2D eigenvalue weighted by molar-refractivity contribution is 6.31. The van der Waals surface area contributed by atoms with Crippen molar-refractivity contribution in [2.24, 2.45) is 5.84 Å². The molecule has 154 valence electrons. The van der Waals surface area contributed by atoms with Crippen LogP contribution in [0.5, 0.6) is 0 Å². The average molecular weight is 422 g/mol. The zero-order chi connectivity index (χ0) is 21.5. The first-order chi connectivity index (χ1) is 14.5. The molecule has 3 rings (SSSR count). The molecule has 9 N–H and O–H groups in total. The summed E-state index contributed by atoms with van der Waals surface area (Å²) in [5.41, 5.74) is 19.4. The molecule has 0 saturated carbocycles. The number of hydrogen-bond acceptors (Lipinski definition) is 7. The molecule has 2 aromatic carbocycles. The highest BCUT2D eigenvalue weighted by Gasteiger charge is 2.09. The highest BCUT2D eigenvalue weighted by atomic mass is 35.5. The van der Waals surface area contributed by atoms with Gasteiger partial charge in [0.2, 0.25) is 0 Å². The third-order valence-corrected chi connectivity index (χ3v) is 4.76. The first kappa shape index (κ1) is 21.2. The van der Waals surface area contributed by atoms with E-state index in [0.29, 0.717) is 35.3 Å². The zero-order valence-corrected chi connectivity index (χ0v) is 17.1. The second kappa shape index (κ2) is 9.78. The summed E-state index contributed by atoms with van der Waals surface area (Å²) in [7, 11) is 0. The van der Waals surface area contributed by atoms with Crippen molar-refractivity contribution >= 4 is 35.1 Å². The Bertz CT molecular complexity index is 1060. The van der Waals surface area contributed by atoms with E-state index in [4.69, 9.17) is 34.3 Å². The molecule has 0 fully saturated rings. The number of hydrogen-bond donors (Lipinski definition) is 6. The molecule has 0 aliphatic heterocycles. The second-order valence-corrected chi connectivity index (χ2v) is 7.18. The SMILES string of the molecule is N=C/C(=C\NCc1cc(Cl)cc(-c2ccccc2)c1)Cc1cc(N)nc(NN)c1N. The van der Waals surface area contributed by atoms with Crippen LogP contribution in [0.2, 0.25) is 5.02 Å². The van der Waals surface area contributed by atoms with Crippen LogP contribution < -0.4 is 28.1 Å². The number of benzene rings is 2. The molecule has 0 radical (unpaired) electrons. The van der Waals surface area contributed by atoms with E-state index in [1.54, 1.807) is 12.3 Å². The van der Waals surface area contributed by atoms with Crippen molar-refractivity contribution in [1.29, 1.82) is 5.41 Å². The number of allylic oxidation sites excluding steroid dienone is 1. The van der Waals surface area contributed by atoms with Crippen LogP contribution in [0.15, 0.2) is 66.4 Å². The third-order valence-electron chi connectivity index (χ3n) is 4.54. The lowest BCUT2D eigenvalue weighted by molar-refractivity contribution is 0.861. The molecule has 0 spiro atoms. The minimum Gasteiger partial charge on any atom is -0.395 e. The van der Waals surface area contributed by atoms with Crippen LogP contribution in [0.3, 0.4) is 0 Å². The van der Waals surface area contributed by atoms with Crippen molar-refractivity contribution in [1.82, 2.24) is 10.3 Å². The van der Waals surface area contributed by atoms with Crippen LogP contribution in [0.25, 0.3) is 11.1 Å². The number of nitrogen functional groups attached to an aromatic ring is 3. The lowest BCUT2D eigenvalue weighted by Crippen LogP contribution is -2.14. The number of aromatic nitrogens is 1. The molecule has 1 heterocycles. The maximum Gasteiger partial charge on any atom is 0.165 e. The molecule has 0 bridgehead atoms. The molecule has 3 aromatic rings. The van der Waals surface area contributed by atoms with Crippen LogP contribution in [-0.2, 0) is 13.0 Å². The van der Waals surface area contributed by atoms with Gasteiger partial charge in [0.15, 0.2) is 5.82 Å². The van der Waals surface area contributed by atoms with Gasteiger partial charge in [-0.25, -0.2) is 10.8 Å². The Balaban J connectivity index is 1.73. The van der Waals surface area contributed by atoms with E-state index in [0.717, 1.165) is 27.8 Å². The van der Waals surface area contributed by atoms with Crippen molar-refractivity contribution < 1.29 is 0 Å². The number of halogens is 1. The first-order valence-corrected chi connectivity index (χ1v) is 9.67. The number of nitrogens with zero attached hydrogens (tertiary/aromatic N) is 1. The molecule has 0 aliphatic rings. The van der Waals surface area contributed by atoms with Gasteiger partial charge in [-0.15, -0.1) is 0 Å². The van der Waals surface area contributed by atoms with Crippen LogP contribution in [0.1, 0.15) is 11.1 Å². The summed E-state index contributed by atoms with van der Waals surface area (Å²) in [4.78, 5) is 4.04. The lowest BCUT2D eigenvalue weighted by atomic mass is 10.0. The van der Waals surface area contributed by atoms with Gasteiger partial charge >= 0.3 is 0 Å². The summed E-state index contributed by atoms with van der Waals surface area (Å²) in [6, 6.07) is 17.7. The number of pyridine rings is 1. The molecule has 0 atom stereocenters. The molecule has 8 heteroatoms. The van der Waals surface area contributed by atoms with Crippen molar-refractivity contribution in [3.8, 4) is 11.1 Å². The Morgan fingerprint density at radius 1 is 1.07 bits per heavy atom. The summed E-state index contributed by atoms with van der Waals surface area (Å²) < 4.78 is 0. The minimum absolute atomic E-state index is 0.303. The normalized spacial score (nSPS) is 11.2. The van der Waals surface area contributed by atoms with Crippen molar-refractivity contribution in [2.75, 3.05) is 16.9 Å². The largest absolute Gasteiger partial charge is 0.395 e.